The quantitative estimate of drug-likeness (QED) is 0.0609. The molecule has 52 heavy (non-hydrogen) atoms. The summed E-state index contributed by atoms with van der Waals surface area (Å²) in [4.78, 5) is 14.2. The van der Waals surface area contributed by atoms with E-state index in [4.69, 9.17) is 14.2 Å². The molecule has 0 N–H and O–H groups in total. The van der Waals surface area contributed by atoms with Crippen LogP contribution in [0.4, 0.5) is 26.3 Å². The number of ether oxygens (including phenoxy) is 3. The van der Waals surface area contributed by atoms with Gasteiger partial charge in [0.2, 0.25) is 0 Å². The Morgan fingerprint density at radius 1 is 0.673 bits per heavy atom. The molecule has 0 aliphatic carbocycles. The minimum atomic E-state index is -5.19. The van der Waals surface area contributed by atoms with Gasteiger partial charge < -0.3 is 0 Å². The summed E-state index contributed by atoms with van der Waals surface area (Å²) >= 11 is 1.39. The van der Waals surface area contributed by atoms with Crippen LogP contribution < -0.4 is 19.5 Å². The zero-order valence-electron chi connectivity index (χ0n) is 31.6. The Labute approximate surface area is 329 Å². The number of rotatable bonds is 24. The topological polar surface area (TPSA) is 44.8 Å². The second-order valence-corrected chi connectivity index (χ2v) is 15.5. The van der Waals surface area contributed by atoms with Gasteiger partial charge in [0.1, 0.15) is 0 Å². The first-order chi connectivity index (χ1) is 24.2. The molecule has 0 fully saturated rings. The average molecular weight is 749 g/mol. The Morgan fingerprint density at radius 3 is 1.37 bits per heavy atom. The maximum absolute atomic E-state index is 14.2. The maximum atomic E-state index is 14.2. The van der Waals surface area contributed by atoms with Crippen LogP contribution in [0.1, 0.15) is 140 Å². The number of benzene rings is 2. The molecule has 0 radical (unpaired) electrons. The molecule has 0 saturated carbocycles. The minimum absolute atomic E-state index is 0. The number of unbranched alkanes of at least 4 members (excludes halogenated alkanes) is 3. The predicted molar refractivity (Wildman–Crippen MR) is 203 cm³/mol. The van der Waals surface area contributed by atoms with E-state index in [1.54, 1.807) is 12.1 Å². The Morgan fingerprint density at radius 2 is 1.04 bits per heavy atom. The van der Waals surface area contributed by atoms with Crippen LogP contribution in [0.2, 0.25) is 0 Å². The third-order valence-electron chi connectivity index (χ3n) is 9.61. The van der Waals surface area contributed by atoms with Gasteiger partial charge in [0.05, 0.1) is 0 Å². The zero-order valence-corrected chi connectivity index (χ0v) is 32.5. The molecule has 0 saturated heterocycles. The summed E-state index contributed by atoms with van der Waals surface area (Å²) in [6, 6.07) is 4.99. The number of hydrogen-bond acceptors (Lipinski definition) is 4. The summed E-state index contributed by atoms with van der Waals surface area (Å²) in [7, 11) is 0. The summed E-state index contributed by atoms with van der Waals surface area (Å²) in [5.41, 5.74) is -5.87. The van der Waals surface area contributed by atoms with Gasteiger partial charge in [-0.25, -0.2) is 0 Å². The molecule has 0 bridgehead atoms. The molecule has 4 nitrogen and oxygen atoms in total. The second kappa shape index (κ2) is 24.3. The Balaban J connectivity index is 0.0000135. The summed E-state index contributed by atoms with van der Waals surface area (Å²) in [6.45, 7) is 13.4. The average Bonchev–Trinajstić information content (AvgIpc) is 3.10. The number of carbonyl (C=O) groups is 1. The van der Waals surface area contributed by atoms with Crippen LogP contribution in [0.3, 0.4) is 0 Å². The Hall–Kier alpha value is -1.29. The fourth-order valence-electron chi connectivity index (χ4n) is 6.04. The monoisotopic (exact) mass is 748 g/mol. The molecule has 2 aromatic rings. The van der Waals surface area contributed by atoms with Crippen molar-refractivity contribution in [2.75, 3.05) is 19.8 Å². The number of alkyl halides is 6. The number of carbonyl (C=O) groups excluding carboxylic acids is 1. The molecule has 13 heteroatoms. The van der Waals surface area contributed by atoms with Gasteiger partial charge in [0.15, 0.2) is 0 Å². The number of hydrogen-bond donors (Lipinski definition) is 0. The van der Waals surface area contributed by atoms with Crippen molar-refractivity contribution < 1.29 is 45.3 Å². The van der Waals surface area contributed by atoms with E-state index in [-0.39, 0.29) is 60.7 Å². The molecule has 0 heterocycles. The normalized spacial score (nSPS) is 14.3. The van der Waals surface area contributed by atoms with Crippen LogP contribution in [0, 0.1) is 17.8 Å². The zero-order chi connectivity index (χ0) is 38.2. The number of halogens is 6. The predicted octanol–water partition coefficient (Wildman–Crippen LogP) is 11.9. The van der Waals surface area contributed by atoms with Crippen LogP contribution in [0.25, 0.3) is 0 Å². The van der Waals surface area contributed by atoms with Gasteiger partial charge in [-0.05, 0) is 0 Å². The first kappa shape index (κ1) is 48.7. The van der Waals surface area contributed by atoms with E-state index in [0.29, 0.717) is 36.5 Å². The third kappa shape index (κ3) is 15.1. The summed E-state index contributed by atoms with van der Waals surface area (Å²) in [5, 5.41) is 0.182. The van der Waals surface area contributed by atoms with Crippen molar-refractivity contribution >= 4 is 53.3 Å². The van der Waals surface area contributed by atoms with Crippen LogP contribution >= 0.6 is 6.35 Å². The third-order valence-corrected chi connectivity index (χ3v) is 11.6. The molecule has 0 aromatic heterocycles. The standard InChI is InChI=1S/C39H56F6O4P.2Li.H/c1-7-13-17-27(10-4)24-47-30-22-33(48-25-28(11-5)18-14-8-2)36(34(23-30)49-26-29(12-6)19-15-9-3)50-37(46)35-31(38(40,41)42)20-16-21-32(35)39(43,44)45;;;/h16,20-23,27-29H,7-15,17-19,24-26H2,1-6H3;;;/q-1;;+1;. The van der Waals surface area contributed by atoms with Crippen molar-refractivity contribution in [2.45, 2.75) is 131 Å². The van der Waals surface area contributed by atoms with Crippen molar-refractivity contribution in [1.82, 2.24) is 0 Å². The molecule has 4 atom stereocenters. The molecule has 0 aliphatic heterocycles. The van der Waals surface area contributed by atoms with E-state index >= 15 is 0 Å². The molecule has 2 aromatic carbocycles. The van der Waals surface area contributed by atoms with E-state index in [1.807, 2.05) is 13.8 Å². The van der Waals surface area contributed by atoms with Crippen LogP contribution in [0.15, 0.2) is 30.3 Å². The van der Waals surface area contributed by atoms with Gasteiger partial charge in [0.25, 0.3) is 0 Å². The van der Waals surface area contributed by atoms with Crippen LogP contribution in [-0.2, 0) is 12.4 Å². The summed E-state index contributed by atoms with van der Waals surface area (Å²) in [5.74, 6) is 1.42. The second-order valence-electron chi connectivity index (χ2n) is 13.5. The van der Waals surface area contributed by atoms with E-state index in [2.05, 4.69) is 27.7 Å². The van der Waals surface area contributed by atoms with Gasteiger partial charge in [-0.2, -0.15) is 0 Å². The van der Waals surface area contributed by atoms with E-state index in [0.717, 1.165) is 77.0 Å². The van der Waals surface area contributed by atoms with Crippen molar-refractivity contribution in [2.24, 2.45) is 17.8 Å². The van der Waals surface area contributed by atoms with Gasteiger partial charge in [-0.1, -0.05) is 0 Å². The van der Waals surface area contributed by atoms with Crippen molar-refractivity contribution in [3.05, 3.63) is 47.0 Å². The molecular formula is C39H57F6Li2O4P. The molecule has 0 amide bonds. The van der Waals surface area contributed by atoms with Crippen molar-refractivity contribution in [1.29, 1.82) is 0 Å². The molecule has 286 valence electrons. The Bertz CT molecular complexity index is 1270. The molecule has 0 aliphatic rings. The first-order valence-electron chi connectivity index (χ1n) is 18.8. The van der Waals surface area contributed by atoms with E-state index < -0.39 is 40.9 Å². The van der Waals surface area contributed by atoms with Crippen molar-refractivity contribution in [3.8, 4) is 17.2 Å². The summed E-state index contributed by atoms with van der Waals surface area (Å²) < 4.78 is 105. The fraction of sp³-hybridized carbons (Fsp3) is 0.667. The first-order valence-corrected chi connectivity index (χ1v) is 20.6. The Kier molecular flexibility index (Phi) is 22.8. The van der Waals surface area contributed by atoms with Gasteiger partial charge >= 0.3 is 331 Å². The molecule has 0 spiro atoms. The molecular weight excluding hydrogens is 691 g/mol. The summed E-state index contributed by atoms with van der Waals surface area (Å²) in [6.07, 6.45) is -1.40. The van der Waals surface area contributed by atoms with Gasteiger partial charge in [0, 0.05) is 0 Å². The van der Waals surface area contributed by atoms with Crippen LogP contribution in [-0.4, -0.2) is 61.4 Å². The molecule has 4 unspecified atom stereocenters. The van der Waals surface area contributed by atoms with E-state index in [1.165, 1.54) is 17.2 Å². The fourth-order valence-corrected chi connectivity index (χ4v) is 7.74. The van der Waals surface area contributed by atoms with Crippen LogP contribution in [0.5, 0.6) is 17.2 Å². The van der Waals surface area contributed by atoms with Gasteiger partial charge in [-0.15, -0.1) is 0 Å². The SMILES string of the molecule is [LiH].[Li][P](C(=O)c1c(C(F)(F)F)cccc1C(F)(F)F)c1c(OCC(CC)CCCC)cc(OCC(CC)CCCC)cc1OCC(CC)CCCC. The molecule has 2 rings (SSSR count). The van der Waals surface area contributed by atoms with Crippen molar-refractivity contribution in [3.63, 3.8) is 0 Å². The van der Waals surface area contributed by atoms with E-state index in [9.17, 15) is 31.1 Å². The van der Waals surface area contributed by atoms with Gasteiger partial charge in [-0.3, -0.25) is 0 Å².